The van der Waals surface area contributed by atoms with Crippen molar-refractivity contribution in [2.75, 3.05) is 18.6 Å². The Bertz CT molecular complexity index is 696. The number of hydrogen-bond acceptors (Lipinski definition) is 6. The van der Waals surface area contributed by atoms with Gasteiger partial charge in [0, 0.05) is 18.2 Å². The van der Waals surface area contributed by atoms with Gasteiger partial charge in [-0.15, -0.1) is 10.2 Å². The second kappa shape index (κ2) is 6.40. The van der Waals surface area contributed by atoms with Crippen molar-refractivity contribution >= 4 is 11.7 Å². The maximum absolute atomic E-state index is 12.0. The zero-order valence-corrected chi connectivity index (χ0v) is 13.7. The van der Waals surface area contributed by atoms with Gasteiger partial charge in [-0.05, 0) is 18.1 Å². The molecule has 2 aromatic rings. The largest absolute Gasteiger partial charge is 0.469 e. The molecule has 0 saturated heterocycles. The molecule has 0 amide bonds. The smallest absolute Gasteiger partial charge is 0.313 e. The maximum Gasteiger partial charge on any atom is 0.313 e. The van der Waals surface area contributed by atoms with Crippen LogP contribution in [0.5, 0.6) is 0 Å². The summed E-state index contributed by atoms with van der Waals surface area (Å²) in [5, 5.41) is 8.20. The van der Waals surface area contributed by atoms with E-state index in [1.54, 1.807) is 0 Å². The minimum Gasteiger partial charge on any atom is -0.469 e. The molecule has 0 spiro atoms. The summed E-state index contributed by atoms with van der Waals surface area (Å²) >= 11 is 0. The Morgan fingerprint density at radius 2 is 2.17 bits per heavy atom. The molecule has 6 nitrogen and oxygen atoms in total. The average Bonchev–Trinajstić information content (AvgIpc) is 3.03. The van der Waals surface area contributed by atoms with E-state index in [1.165, 1.54) is 7.11 Å². The summed E-state index contributed by atoms with van der Waals surface area (Å²) in [6, 6.07) is 7.92. The van der Waals surface area contributed by atoms with Crippen LogP contribution in [-0.4, -0.2) is 29.8 Å². The minimum atomic E-state index is -0.207. The Hall–Kier alpha value is -2.37. The molecule has 122 valence electrons. The number of hydrogen-bond donors (Lipinski definition) is 0. The van der Waals surface area contributed by atoms with Crippen LogP contribution < -0.4 is 4.90 Å². The van der Waals surface area contributed by atoms with Gasteiger partial charge >= 0.3 is 5.97 Å². The number of methoxy groups -OCH3 is 1. The van der Waals surface area contributed by atoms with Gasteiger partial charge in [-0.1, -0.05) is 32.0 Å². The zero-order valence-electron chi connectivity index (χ0n) is 13.7. The molecule has 23 heavy (non-hydrogen) atoms. The highest BCUT2D eigenvalue weighted by atomic mass is 16.5. The molecule has 3 rings (SSSR count). The lowest BCUT2D eigenvalue weighted by Gasteiger charge is -2.33. The third kappa shape index (κ3) is 3.06. The van der Waals surface area contributed by atoms with E-state index in [0.717, 1.165) is 24.2 Å². The maximum atomic E-state index is 12.0. The molecular formula is C17H21N3O3. The summed E-state index contributed by atoms with van der Waals surface area (Å²) in [4.78, 5) is 14.2. The number of para-hydroxylation sites is 1. The number of ether oxygens (including phenoxy) is 1. The van der Waals surface area contributed by atoms with Gasteiger partial charge in [-0.3, -0.25) is 4.79 Å². The number of carbonyl (C=O) groups is 1. The molecule has 1 unspecified atom stereocenters. The molecule has 1 aliphatic rings. The van der Waals surface area contributed by atoms with Crippen molar-refractivity contribution in [3.8, 4) is 0 Å². The molecular weight excluding hydrogens is 294 g/mol. The standard InChI is InChI=1S/C17H21N3O3/c1-11(2)16-19-18-15(23-16)10-20-9-8-13(17(21)22-3)12-6-4-5-7-14(12)20/h4-7,11,13H,8-10H2,1-3H3. The topological polar surface area (TPSA) is 68.5 Å². The van der Waals surface area contributed by atoms with Crippen LogP contribution >= 0.6 is 0 Å². The number of fused-ring (bicyclic) bond motifs is 1. The summed E-state index contributed by atoms with van der Waals surface area (Å²) in [6.07, 6.45) is 0.717. The highest BCUT2D eigenvalue weighted by Crippen LogP contribution is 2.36. The predicted molar refractivity (Wildman–Crippen MR) is 85.3 cm³/mol. The van der Waals surface area contributed by atoms with Gasteiger partial charge < -0.3 is 14.1 Å². The second-order valence-corrected chi connectivity index (χ2v) is 6.03. The second-order valence-electron chi connectivity index (χ2n) is 6.03. The molecule has 0 radical (unpaired) electrons. The number of esters is 1. The monoisotopic (exact) mass is 315 g/mol. The molecule has 0 N–H and O–H groups in total. The fraction of sp³-hybridized carbons (Fsp3) is 0.471. The van der Waals surface area contributed by atoms with Crippen molar-refractivity contribution in [1.82, 2.24) is 10.2 Å². The highest BCUT2D eigenvalue weighted by molar-refractivity contribution is 5.81. The Labute approximate surface area is 135 Å². The summed E-state index contributed by atoms with van der Waals surface area (Å²) in [5.74, 6) is 1.07. The molecule has 1 aromatic heterocycles. The fourth-order valence-electron chi connectivity index (χ4n) is 2.91. The van der Waals surface area contributed by atoms with Gasteiger partial charge in [0.15, 0.2) is 0 Å². The molecule has 1 atom stereocenters. The zero-order chi connectivity index (χ0) is 16.4. The Morgan fingerprint density at radius 1 is 1.39 bits per heavy atom. The number of anilines is 1. The number of rotatable bonds is 4. The predicted octanol–water partition coefficient (Wildman–Crippen LogP) is 2.86. The van der Waals surface area contributed by atoms with Crippen LogP contribution in [0.2, 0.25) is 0 Å². The van der Waals surface area contributed by atoms with Gasteiger partial charge in [0.2, 0.25) is 11.8 Å². The molecule has 6 heteroatoms. The molecule has 0 aliphatic carbocycles. The van der Waals surface area contributed by atoms with E-state index in [-0.39, 0.29) is 17.8 Å². The average molecular weight is 315 g/mol. The first-order valence-electron chi connectivity index (χ1n) is 7.84. The third-order valence-electron chi connectivity index (χ3n) is 4.13. The summed E-state index contributed by atoms with van der Waals surface area (Å²) in [5.41, 5.74) is 2.02. The van der Waals surface area contributed by atoms with E-state index in [9.17, 15) is 4.79 Å². The van der Waals surface area contributed by atoms with Crippen LogP contribution in [0.3, 0.4) is 0 Å². The van der Waals surface area contributed by atoms with Gasteiger partial charge in [0.25, 0.3) is 0 Å². The quantitative estimate of drug-likeness (QED) is 0.808. The van der Waals surface area contributed by atoms with Gasteiger partial charge in [0.05, 0.1) is 19.6 Å². The Kier molecular flexibility index (Phi) is 4.32. The van der Waals surface area contributed by atoms with Gasteiger partial charge in [-0.2, -0.15) is 0 Å². The van der Waals surface area contributed by atoms with Crippen LogP contribution in [0.25, 0.3) is 0 Å². The number of aromatic nitrogens is 2. The van der Waals surface area contributed by atoms with Gasteiger partial charge in [-0.25, -0.2) is 0 Å². The van der Waals surface area contributed by atoms with Crippen molar-refractivity contribution in [2.24, 2.45) is 0 Å². The molecule has 2 heterocycles. The van der Waals surface area contributed by atoms with Crippen LogP contribution in [0, 0.1) is 0 Å². The van der Waals surface area contributed by atoms with E-state index in [4.69, 9.17) is 9.15 Å². The van der Waals surface area contributed by atoms with Crippen molar-refractivity contribution in [1.29, 1.82) is 0 Å². The van der Waals surface area contributed by atoms with E-state index in [0.29, 0.717) is 18.3 Å². The molecule has 1 aromatic carbocycles. The summed E-state index contributed by atoms with van der Waals surface area (Å²) in [7, 11) is 1.43. The highest BCUT2D eigenvalue weighted by Gasteiger charge is 2.31. The van der Waals surface area contributed by atoms with Crippen LogP contribution in [0.4, 0.5) is 5.69 Å². The van der Waals surface area contributed by atoms with Crippen molar-refractivity contribution in [3.05, 3.63) is 41.6 Å². The Morgan fingerprint density at radius 3 is 2.87 bits per heavy atom. The van der Waals surface area contributed by atoms with E-state index in [2.05, 4.69) is 15.1 Å². The van der Waals surface area contributed by atoms with Crippen LogP contribution in [0.1, 0.15) is 49.4 Å². The lowest BCUT2D eigenvalue weighted by Crippen LogP contribution is -2.33. The molecule has 1 aliphatic heterocycles. The van der Waals surface area contributed by atoms with Crippen molar-refractivity contribution in [2.45, 2.75) is 38.6 Å². The number of benzene rings is 1. The first-order chi connectivity index (χ1) is 11.1. The first kappa shape index (κ1) is 15.5. The molecule has 0 bridgehead atoms. The third-order valence-corrected chi connectivity index (χ3v) is 4.13. The molecule has 0 saturated carbocycles. The van der Waals surface area contributed by atoms with Crippen LogP contribution in [0.15, 0.2) is 28.7 Å². The lowest BCUT2D eigenvalue weighted by molar-refractivity contribution is -0.142. The number of carbonyl (C=O) groups excluding carboxylic acids is 1. The van der Waals surface area contributed by atoms with Crippen molar-refractivity contribution < 1.29 is 13.9 Å². The number of nitrogens with zero attached hydrogens (tertiary/aromatic N) is 3. The normalized spacial score (nSPS) is 17.2. The fourth-order valence-corrected chi connectivity index (χ4v) is 2.91. The molecule has 0 fully saturated rings. The minimum absolute atomic E-state index is 0.183. The van der Waals surface area contributed by atoms with Crippen LogP contribution in [-0.2, 0) is 16.1 Å². The van der Waals surface area contributed by atoms with Gasteiger partial charge in [0.1, 0.15) is 0 Å². The lowest BCUT2D eigenvalue weighted by atomic mass is 9.90. The van der Waals surface area contributed by atoms with Crippen molar-refractivity contribution in [3.63, 3.8) is 0 Å². The summed E-state index contributed by atoms with van der Waals surface area (Å²) < 4.78 is 10.6. The first-order valence-corrected chi connectivity index (χ1v) is 7.84. The summed E-state index contributed by atoms with van der Waals surface area (Å²) in [6.45, 7) is 5.34. The van der Waals surface area contributed by atoms with E-state index in [1.807, 2.05) is 38.1 Å². The SMILES string of the molecule is COC(=O)C1CCN(Cc2nnc(C(C)C)o2)c2ccccc21. The van der Waals surface area contributed by atoms with E-state index >= 15 is 0 Å². The van der Waals surface area contributed by atoms with E-state index < -0.39 is 0 Å². The Balaban J connectivity index is 1.84.